The quantitative estimate of drug-likeness (QED) is 0.554. The Morgan fingerprint density at radius 1 is 1.07 bits per heavy atom. The van der Waals surface area contributed by atoms with Gasteiger partial charge >= 0.3 is 0 Å². The summed E-state index contributed by atoms with van der Waals surface area (Å²) in [5.41, 5.74) is 2.81. The van der Waals surface area contributed by atoms with Crippen LogP contribution in [0.5, 0.6) is 5.88 Å². The summed E-state index contributed by atoms with van der Waals surface area (Å²) in [6.07, 6.45) is 0.730. The van der Waals surface area contributed by atoms with Gasteiger partial charge in [0.15, 0.2) is 5.65 Å². The van der Waals surface area contributed by atoms with E-state index in [1.807, 2.05) is 0 Å². The Bertz CT molecular complexity index is 1180. The number of halogens is 2. The fourth-order valence-electron chi connectivity index (χ4n) is 3.00. The standard InChI is InChI=1S/C20H13F2N3O2/c1-11-19(15-7-6-14(21)8-16(15)22)20-23-17(9-18(27)25(20)24-11)13-4-2-12(10-26)3-5-13/h2-10,27H,1H3. The van der Waals surface area contributed by atoms with Crippen molar-refractivity contribution < 1.29 is 18.7 Å². The highest BCUT2D eigenvalue weighted by atomic mass is 19.1. The average molecular weight is 365 g/mol. The lowest BCUT2D eigenvalue weighted by molar-refractivity contribution is 0.112. The number of carbonyl (C=O) groups is 1. The second kappa shape index (κ2) is 6.28. The first-order chi connectivity index (χ1) is 13.0. The van der Waals surface area contributed by atoms with Crippen molar-refractivity contribution in [3.63, 3.8) is 0 Å². The Morgan fingerprint density at radius 2 is 1.81 bits per heavy atom. The van der Waals surface area contributed by atoms with Gasteiger partial charge in [-0.2, -0.15) is 9.61 Å². The summed E-state index contributed by atoms with van der Waals surface area (Å²) in [5.74, 6) is -1.60. The van der Waals surface area contributed by atoms with Crippen molar-refractivity contribution >= 4 is 11.9 Å². The summed E-state index contributed by atoms with van der Waals surface area (Å²) in [5, 5.41) is 14.6. The molecule has 0 aliphatic heterocycles. The number of aromatic hydroxyl groups is 1. The number of fused-ring (bicyclic) bond motifs is 1. The zero-order valence-electron chi connectivity index (χ0n) is 14.1. The molecule has 0 radical (unpaired) electrons. The molecule has 0 saturated heterocycles. The van der Waals surface area contributed by atoms with Gasteiger partial charge < -0.3 is 5.11 Å². The largest absolute Gasteiger partial charge is 0.493 e. The molecule has 4 rings (SSSR count). The van der Waals surface area contributed by atoms with Gasteiger partial charge in [0.05, 0.1) is 17.0 Å². The van der Waals surface area contributed by atoms with Crippen LogP contribution in [0.3, 0.4) is 0 Å². The molecule has 7 heteroatoms. The number of carbonyl (C=O) groups excluding carboxylic acids is 1. The van der Waals surface area contributed by atoms with Crippen LogP contribution in [0.25, 0.3) is 28.0 Å². The first kappa shape index (κ1) is 16.8. The second-order valence-corrected chi connectivity index (χ2v) is 6.06. The predicted molar refractivity (Wildman–Crippen MR) is 95.6 cm³/mol. The maximum atomic E-state index is 14.3. The van der Waals surface area contributed by atoms with Gasteiger partial charge in [0, 0.05) is 28.8 Å². The number of hydrogen-bond donors (Lipinski definition) is 1. The Kier molecular flexibility index (Phi) is 3.92. The third kappa shape index (κ3) is 2.83. The molecule has 0 fully saturated rings. The van der Waals surface area contributed by atoms with Crippen molar-refractivity contribution in [2.24, 2.45) is 0 Å². The zero-order valence-corrected chi connectivity index (χ0v) is 14.1. The zero-order chi connectivity index (χ0) is 19.1. The number of hydrogen-bond acceptors (Lipinski definition) is 4. The van der Waals surface area contributed by atoms with E-state index in [2.05, 4.69) is 10.1 Å². The molecule has 4 aromatic rings. The van der Waals surface area contributed by atoms with E-state index in [9.17, 15) is 18.7 Å². The van der Waals surface area contributed by atoms with Crippen LogP contribution in [0.15, 0.2) is 48.5 Å². The van der Waals surface area contributed by atoms with Crippen LogP contribution in [0.2, 0.25) is 0 Å². The maximum Gasteiger partial charge on any atom is 0.216 e. The van der Waals surface area contributed by atoms with E-state index in [1.165, 1.54) is 16.6 Å². The van der Waals surface area contributed by atoms with E-state index in [-0.39, 0.29) is 17.1 Å². The predicted octanol–water partition coefficient (Wildman–Crippen LogP) is 4.17. The molecule has 5 nitrogen and oxygen atoms in total. The highest BCUT2D eigenvalue weighted by molar-refractivity contribution is 5.82. The van der Waals surface area contributed by atoms with Crippen LogP contribution in [0.4, 0.5) is 8.78 Å². The lowest BCUT2D eigenvalue weighted by Crippen LogP contribution is -1.95. The van der Waals surface area contributed by atoms with E-state index >= 15 is 0 Å². The van der Waals surface area contributed by atoms with Crippen molar-refractivity contribution in [3.8, 4) is 28.3 Å². The van der Waals surface area contributed by atoms with Crippen LogP contribution in [-0.4, -0.2) is 26.0 Å². The second-order valence-electron chi connectivity index (χ2n) is 6.06. The third-order valence-corrected chi connectivity index (χ3v) is 4.29. The molecule has 0 spiro atoms. The molecule has 134 valence electrons. The first-order valence-electron chi connectivity index (χ1n) is 8.08. The molecule has 27 heavy (non-hydrogen) atoms. The van der Waals surface area contributed by atoms with Crippen molar-refractivity contribution in [2.75, 3.05) is 0 Å². The Balaban J connectivity index is 1.96. The highest BCUT2D eigenvalue weighted by Crippen LogP contribution is 2.33. The molecule has 0 aliphatic rings. The Labute approximate surface area is 152 Å². The van der Waals surface area contributed by atoms with E-state index in [4.69, 9.17) is 0 Å². The molecule has 0 aliphatic carbocycles. The highest BCUT2D eigenvalue weighted by Gasteiger charge is 2.19. The molecule has 0 amide bonds. The summed E-state index contributed by atoms with van der Waals surface area (Å²) in [4.78, 5) is 15.3. The number of rotatable bonds is 3. The van der Waals surface area contributed by atoms with Crippen LogP contribution in [0.1, 0.15) is 16.1 Å². The lowest BCUT2D eigenvalue weighted by atomic mass is 10.0. The average Bonchev–Trinajstić information content (AvgIpc) is 2.98. The maximum absolute atomic E-state index is 14.3. The smallest absolute Gasteiger partial charge is 0.216 e. The minimum Gasteiger partial charge on any atom is -0.493 e. The van der Waals surface area contributed by atoms with Gasteiger partial charge in [-0.25, -0.2) is 13.8 Å². The van der Waals surface area contributed by atoms with E-state index in [0.717, 1.165) is 18.4 Å². The Morgan fingerprint density at radius 3 is 2.48 bits per heavy atom. The SMILES string of the molecule is Cc1nn2c(O)cc(-c3ccc(C=O)cc3)nc2c1-c1ccc(F)cc1F. The number of aromatic nitrogens is 3. The third-order valence-electron chi connectivity index (χ3n) is 4.29. The number of benzene rings is 2. The summed E-state index contributed by atoms with van der Waals surface area (Å²) >= 11 is 0. The summed E-state index contributed by atoms with van der Waals surface area (Å²) in [6, 6.07) is 11.4. The van der Waals surface area contributed by atoms with Crippen LogP contribution < -0.4 is 0 Å². The summed E-state index contributed by atoms with van der Waals surface area (Å²) in [6.45, 7) is 1.66. The molecule has 0 saturated carbocycles. The van der Waals surface area contributed by atoms with Crippen molar-refractivity contribution in [2.45, 2.75) is 6.92 Å². The topological polar surface area (TPSA) is 67.5 Å². The minimum absolute atomic E-state index is 0.143. The lowest BCUT2D eigenvalue weighted by Gasteiger charge is -2.06. The molecule has 2 aromatic carbocycles. The van der Waals surface area contributed by atoms with E-state index in [1.54, 1.807) is 31.2 Å². The molecule has 0 bridgehead atoms. The normalized spacial score (nSPS) is 11.1. The van der Waals surface area contributed by atoms with E-state index in [0.29, 0.717) is 28.1 Å². The van der Waals surface area contributed by atoms with Crippen LogP contribution in [0, 0.1) is 18.6 Å². The van der Waals surface area contributed by atoms with Gasteiger partial charge in [0.2, 0.25) is 5.88 Å². The Hall–Kier alpha value is -3.61. The van der Waals surface area contributed by atoms with Gasteiger partial charge in [-0.3, -0.25) is 4.79 Å². The molecular formula is C20H13F2N3O2. The minimum atomic E-state index is -0.741. The van der Waals surface area contributed by atoms with Gasteiger partial charge in [0.1, 0.15) is 17.9 Å². The van der Waals surface area contributed by atoms with Gasteiger partial charge in [-0.1, -0.05) is 24.3 Å². The summed E-state index contributed by atoms with van der Waals surface area (Å²) < 4.78 is 28.8. The number of nitrogens with zero attached hydrogens (tertiary/aromatic N) is 3. The number of aryl methyl sites for hydroxylation is 1. The summed E-state index contributed by atoms with van der Waals surface area (Å²) in [7, 11) is 0. The molecule has 1 N–H and O–H groups in total. The van der Waals surface area contributed by atoms with Crippen molar-refractivity contribution in [3.05, 3.63) is 71.4 Å². The fourth-order valence-corrected chi connectivity index (χ4v) is 3.00. The molecule has 0 unspecified atom stereocenters. The van der Waals surface area contributed by atoms with Crippen LogP contribution >= 0.6 is 0 Å². The van der Waals surface area contributed by atoms with Crippen molar-refractivity contribution in [1.29, 1.82) is 0 Å². The monoisotopic (exact) mass is 365 g/mol. The molecule has 2 heterocycles. The molecule has 0 atom stereocenters. The molecular weight excluding hydrogens is 352 g/mol. The van der Waals surface area contributed by atoms with Gasteiger partial charge in [-0.05, 0) is 19.1 Å². The number of aldehydes is 1. The van der Waals surface area contributed by atoms with E-state index < -0.39 is 11.6 Å². The first-order valence-corrected chi connectivity index (χ1v) is 8.08. The van der Waals surface area contributed by atoms with Gasteiger partial charge in [0.25, 0.3) is 0 Å². The van der Waals surface area contributed by atoms with Crippen LogP contribution in [-0.2, 0) is 0 Å². The van der Waals surface area contributed by atoms with Gasteiger partial charge in [-0.15, -0.1) is 0 Å². The van der Waals surface area contributed by atoms with Crippen molar-refractivity contribution in [1.82, 2.24) is 14.6 Å². The molecule has 2 aromatic heterocycles. The fraction of sp³-hybridized carbons (Fsp3) is 0.0500.